The topological polar surface area (TPSA) is 32.8 Å². The number of benzene rings is 1. The van der Waals surface area contributed by atoms with Crippen LogP contribution in [0.1, 0.15) is 18.4 Å². The first-order chi connectivity index (χ1) is 10.1. The zero-order valence-corrected chi connectivity index (χ0v) is 13.3. The van der Waals surface area contributed by atoms with Crippen molar-refractivity contribution in [2.45, 2.75) is 19.4 Å². The maximum absolute atomic E-state index is 11.9. The van der Waals surface area contributed by atoms with Gasteiger partial charge in [-0.25, -0.2) is 0 Å². The van der Waals surface area contributed by atoms with E-state index in [1.807, 2.05) is 12.1 Å². The maximum atomic E-state index is 11.9. The van der Waals surface area contributed by atoms with Crippen molar-refractivity contribution in [1.82, 2.24) is 9.80 Å². The van der Waals surface area contributed by atoms with E-state index in [-0.39, 0.29) is 0 Å². The number of piperidine rings is 1. The smallest absolute Gasteiger partial charge is 0.147 e. The number of methoxy groups -OCH3 is 1. The molecule has 1 aliphatic rings. The zero-order valence-electron chi connectivity index (χ0n) is 13.3. The van der Waals surface area contributed by atoms with Crippen molar-refractivity contribution in [3.63, 3.8) is 0 Å². The lowest BCUT2D eigenvalue weighted by atomic mass is 9.93. The monoisotopic (exact) mass is 290 g/mol. The van der Waals surface area contributed by atoms with E-state index < -0.39 is 0 Å². The Labute approximate surface area is 127 Å². The van der Waals surface area contributed by atoms with Gasteiger partial charge in [0.05, 0.1) is 13.7 Å². The average molecular weight is 290 g/mol. The fourth-order valence-electron chi connectivity index (χ4n) is 2.87. The van der Waals surface area contributed by atoms with Gasteiger partial charge in [0.2, 0.25) is 0 Å². The summed E-state index contributed by atoms with van der Waals surface area (Å²) >= 11 is 0. The molecule has 1 fully saturated rings. The van der Waals surface area contributed by atoms with Gasteiger partial charge in [-0.2, -0.15) is 0 Å². The summed E-state index contributed by atoms with van der Waals surface area (Å²) in [5.41, 5.74) is 1.23. The van der Waals surface area contributed by atoms with E-state index in [4.69, 9.17) is 4.74 Å². The van der Waals surface area contributed by atoms with E-state index >= 15 is 0 Å². The third-order valence-electron chi connectivity index (χ3n) is 3.98. The quantitative estimate of drug-likeness (QED) is 0.802. The van der Waals surface area contributed by atoms with E-state index in [9.17, 15) is 4.79 Å². The van der Waals surface area contributed by atoms with Gasteiger partial charge < -0.3 is 9.64 Å². The number of likely N-dealkylation sites (tertiary alicyclic amines) is 1. The standard InChI is InChI=1S/C17H26N2O2/c1-18(2)9-8-15-10-16(20)13-19(12-15)11-14-4-6-17(21-3)7-5-14/h4-7,15H,8-13H2,1-3H3. The lowest BCUT2D eigenvalue weighted by Crippen LogP contribution is -2.41. The maximum Gasteiger partial charge on any atom is 0.147 e. The van der Waals surface area contributed by atoms with Crippen LogP contribution in [-0.4, -0.2) is 56.4 Å². The minimum Gasteiger partial charge on any atom is -0.497 e. The lowest BCUT2D eigenvalue weighted by molar-refractivity contribution is -0.124. The molecular formula is C17H26N2O2. The molecule has 0 N–H and O–H groups in total. The first kappa shape index (κ1) is 16.0. The highest BCUT2D eigenvalue weighted by Gasteiger charge is 2.25. The molecule has 0 bridgehead atoms. The Morgan fingerprint density at radius 3 is 2.62 bits per heavy atom. The first-order valence-corrected chi connectivity index (χ1v) is 7.58. The Balaban J connectivity index is 1.90. The molecule has 0 radical (unpaired) electrons. The van der Waals surface area contributed by atoms with Gasteiger partial charge in [0.1, 0.15) is 11.5 Å². The van der Waals surface area contributed by atoms with E-state index in [0.717, 1.165) is 38.2 Å². The molecule has 1 aromatic carbocycles. The highest BCUT2D eigenvalue weighted by molar-refractivity contribution is 5.81. The Hall–Kier alpha value is -1.39. The van der Waals surface area contributed by atoms with Crippen LogP contribution in [0.5, 0.6) is 5.75 Å². The van der Waals surface area contributed by atoms with Gasteiger partial charge in [-0.3, -0.25) is 9.69 Å². The zero-order chi connectivity index (χ0) is 15.2. The van der Waals surface area contributed by atoms with Crippen molar-refractivity contribution in [3.05, 3.63) is 29.8 Å². The number of hydrogen-bond acceptors (Lipinski definition) is 4. The van der Waals surface area contributed by atoms with Crippen LogP contribution in [-0.2, 0) is 11.3 Å². The van der Waals surface area contributed by atoms with Crippen molar-refractivity contribution in [3.8, 4) is 5.75 Å². The first-order valence-electron chi connectivity index (χ1n) is 7.58. The van der Waals surface area contributed by atoms with Crippen LogP contribution in [0.4, 0.5) is 0 Å². The van der Waals surface area contributed by atoms with E-state index in [1.165, 1.54) is 5.56 Å². The molecule has 2 rings (SSSR count). The van der Waals surface area contributed by atoms with Crippen LogP contribution in [0.2, 0.25) is 0 Å². The highest BCUT2D eigenvalue weighted by atomic mass is 16.5. The number of rotatable bonds is 6. The molecule has 0 amide bonds. The Morgan fingerprint density at radius 1 is 1.29 bits per heavy atom. The average Bonchev–Trinajstić information content (AvgIpc) is 2.45. The molecule has 116 valence electrons. The summed E-state index contributed by atoms with van der Waals surface area (Å²) in [6, 6.07) is 8.11. The molecule has 4 nitrogen and oxygen atoms in total. The molecular weight excluding hydrogens is 264 g/mol. The minimum atomic E-state index is 0.374. The van der Waals surface area contributed by atoms with Crippen molar-refractivity contribution in [1.29, 1.82) is 0 Å². The Bertz CT molecular complexity index is 456. The molecule has 1 saturated heterocycles. The van der Waals surface area contributed by atoms with Gasteiger partial charge in [0.25, 0.3) is 0 Å². The second kappa shape index (κ2) is 7.57. The summed E-state index contributed by atoms with van der Waals surface area (Å²) < 4.78 is 5.18. The third-order valence-corrected chi connectivity index (χ3v) is 3.98. The van der Waals surface area contributed by atoms with Crippen molar-refractivity contribution in [2.24, 2.45) is 5.92 Å². The van der Waals surface area contributed by atoms with Crippen LogP contribution in [0, 0.1) is 5.92 Å². The second-order valence-electron chi connectivity index (χ2n) is 6.22. The molecule has 1 atom stereocenters. The molecule has 1 unspecified atom stereocenters. The summed E-state index contributed by atoms with van der Waals surface area (Å²) in [7, 11) is 5.84. The van der Waals surface area contributed by atoms with Crippen LogP contribution >= 0.6 is 0 Å². The second-order valence-corrected chi connectivity index (χ2v) is 6.22. The summed E-state index contributed by atoms with van der Waals surface area (Å²) in [4.78, 5) is 16.4. The van der Waals surface area contributed by atoms with Gasteiger partial charge >= 0.3 is 0 Å². The molecule has 0 saturated carbocycles. The SMILES string of the molecule is COc1ccc(CN2CC(=O)CC(CCN(C)C)C2)cc1. The molecule has 0 aliphatic carbocycles. The minimum absolute atomic E-state index is 0.374. The molecule has 1 heterocycles. The molecule has 0 spiro atoms. The van der Waals surface area contributed by atoms with Crippen LogP contribution in [0.3, 0.4) is 0 Å². The van der Waals surface area contributed by atoms with Crippen molar-refractivity contribution < 1.29 is 9.53 Å². The van der Waals surface area contributed by atoms with E-state index in [1.54, 1.807) is 7.11 Å². The molecule has 1 aliphatic heterocycles. The van der Waals surface area contributed by atoms with Gasteiger partial charge in [-0.15, -0.1) is 0 Å². The summed E-state index contributed by atoms with van der Waals surface area (Å²) in [5.74, 6) is 1.74. The fraction of sp³-hybridized carbons (Fsp3) is 0.588. The van der Waals surface area contributed by atoms with Crippen LogP contribution in [0.25, 0.3) is 0 Å². The number of hydrogen-bond donors (Lipinski definition) is 0. The predicted molar refractivity (Wildman–Crippen MR) is 84.6 cm³/mol. The van der Waals surface area contributed by atoms with E-state index in [0.29, 0.717) is 18.2 Å². The van der Waals surface area contributed by atoms with Gasteiger partial charge in [-0.1, -0.05) is 12.1 Å². The lowest BCUT2D eigenvalue weighted by Gasteiger charge is -2.32. The number of Topliss-reactive ketones (excluding diaryl/α,β-unsaturated/α-hetero) is 1. The largest absolute Gasteiger partial charge is 0.497 e. The van der Waals surface area contributed by atoms with Crippen LogP contribution < -0.4 is 4.74 Å². The fourth-order valence-corrected chi connectivity index (χ4v) is 2.87. The predicted octanol–water partition coefficient (Wildman–Crippen LogP) is 2.04. The van der Waals surface area contributed by atoms with Crippen molar-refractivity contribution >= 4 is 5.78 Å². The van der Waals surface area contributed by atoms with Crippen LogP contribution in [0.15, 0.2) is 24.3 Å². The number of nitrogens with zero attached hydrogens (tertiary/aromatic N) is 2. The third kappa shape index (κ3) is 5.14. The van der Waals surface area contributed by atoms with E-state index in [2.05, 4.69) is 36.0 Å². The summed E-state index contributed by atoms with van der Waals surface area (Å²) in [6.45, 7) is 3.50. The number of carbonyl (C=O) groups is 1. The number of carbonyl (C=O) groups excluding carboxylic acids is 1. The number of ether oxygens (including phenoxy) is 1. The highest BCUT2D eigenvalue weighted by Crippen LogP contribution is 2.20. The van der Waals surface area contributed by atoms with Gasteiger partial charge in [-0.05, 0) is 50.7 Å². The molecule has 4 heteroatoms. The molecule has 0 aromatic heterocycles. The normalized spacial score (nSPS) is 20.0. The Morgan fingerprint density at radius 2 is 2.00 bits per heavy atom. The molecule has 1 aromatic rings. The Kier molecular flexibility index (Phi) is 5.76. The van der Waals surface area contributed by atoms with Gasteiger partial charge in [0, 0.05) is 19.5 Å². The molecule has 21 heavy (non-hydrogen) atoms. The summed E-state index contributed by atoms with van der Waals surface area (Å²) in [6.07, 6.45) is 1.84. The van der Waals surface area contributed by atoms with Crippen molar-refractivity contribution in [2.75, 3.05) is 40.8 Å². The summed E-state index contributed by atoms with van der Waals surface area (Å²) in [5, 5.41) is 0. The number of ketones is 1. The van der Waals surface area contributed by atoms with Gasteiger partial charge in [0.15, 0.2) is 0 Å².